The summed E-state index contributed by atoms with van der Waals surface area (Å²) in [4.78, 5) is 12.8. The number of nitrogens with one attached hydrogen (secondary N) is 1. The molecule has 0 spiro atoms. The van der Waals surface area contributed by atoms with Crippen LogP contribution in [-0.4, -0.2) is 24.7 Å². The van der Waals surface area contributed by atoms with E-state index in [0.29, 0.717) is 12.2 Å². The Morgan fingerprint density at radius 3 is 2.78 bits per heavy atom. The number of halogens is 1. The SMILES string of the molecule is C[Si](C)(C)Oc1c(NC(=O)CCCBr)oc(-c2cccs2)c1O. The number of hydrogen-bond donors (Lipinski definition) is 2. The quantitative estimate of drug-likeness (QED) is 0.488. The molecule has 2 aromatic rings. The second-order valence-corrected chi connectivity index (χ2v) is 12.1. The molecule has 0 aliphatic carbocycles. The Labute approximate surface area is 148 Å². The average Bonchev–Trinajstić information content (AvgIpc) is 3.07. The zero-order chi connectivity index (χ0) is 17.0. The molecule has 2 N–H and O–H groups in total. The first kappa shape index (κ1) is 18.1. The highest BCUT2D eigenvalue weighted by Crippen LogP contribution is 2.48. The maximum absolute atomic E-state index is 12.0. The van der Waals surface area contributed by atoms with E-state index in [-0.39, 0.29) is 23.3 Å². The number of aromatic hydroxyl groups is 1. The van der Waals surface area contributed by atoms with Crippen molar-refractivity contribution >= 4 is 47.4 Å². The molecule has 0 fully saturated rings. The smallest absolute Gasteiger partial charge is 0.245 e. The van der Waals surface area contributed by atoms with Crippen molar-refractivity contribution < 1.29 is 18.7 Å². The predicted molar refractivity (Wildman–Crippen MR) is 99.3 cm³/mol. The first-order valence-electron chi connectivity index (χ1n) is 7.26. The first-order valence-corrected chi connectivity index (χ1v) is 12.7. The van der Waals surface area contributed by atoms with E-state index in [9.17, 15) is 9.90 Å². The zero-order valence-electron chi connectivity index (χ0n) is 13.3. The Morgan fingerprint density at radius 2 is 2.22 bits per heavy atom. The van der Waals surface area contributed by atoms with Crippen LogP contribution in [0.4, 0.5) is 5.88 Å². The van der Waals surface area contributed by atoms with E-state index in [1.54, 1.807) is 0 Å². The number of carbonyl (C=O) groups excluding carboxylic acids is 1. The minimum atomic E-state index is -1.98. The molecule has 2 aromatic heterocycles. The minimum absolute atomic E-state index is 0.0642. The molecule has 1 amide bonds. The van der Waals surface area contributed by atoms with Gasteiger partial charge >= 0.3 is 0 Å². The van der Waals surface area contributed by atoms with Gasteiger partial charge in [0.2, 0.25) is 31.6 Å². The van der Waals surface area contributed by atoms with Crippen molar-refractivity contribution in [2.24, 2.45) is 0 Å². The molecule has 0 aliphatic rings. The van der Waals surface area contributed by atoms with Crippen LogP contribution in [0.5, 0.6) is 11.5 Å². The summed E-state index contributed by atoms with van der Waals surface area (Å²) in [7, 11) is -1.98. The summed E-state index contributed by atoms with van der Waals surface area (Å²) in [6.07, 6.45) is 1.09. The number of hydrogen-bond acceptors (Lipinski definition) is 5. The first-order chi connectivity index (χ1) is 10.8. The molecule has 0 saturated heterocycles. The van der Waals surface area contributed by atoms with E-state index in [1.165, 1.54) is 11.3 Å². The van der Waals surface area contributed by atoms with Crippen LogP contribution in [0.25, 0.3) is 10.6 Å². The van der Waals surface area contributed by atoms with Crippen LogP contribution < -0.4 is 9.74 Å². The highest BCUT2D eigenvalue weighted by atomic mass is 79.9. The second-order valence-electron chi connectivity index (χ2n) is 5.97. The maximum atomic E-state index is 12.0. The number of furan rings is 1. The third-order valence-corrected chi connectivity index (χ3v) is 5.03. The highest BCUT2D eigenvalue weighted by Gasteiger charge is 2.28. The Morgan fingerprint density at radius 1 is 1.48 bits per heavy atom. The lowest BCUT2D eigenvalue weighted by Gasteiger charge is -2.18. The van der Waals surface area contributed by atoms with E-state index >= 15 is 0 Å². The average molecular weight is 418 g/mol. The van der Waals surface area contributed by atoms with Crippen LogP contribution in [0.2, 0.25) is 19.6 Å². The van der Waals surface area contributed by atoms with Crippen molar-refractivity contribution in [1.29, 1.82) is 0 Å². The third-order valence-electron chi connectivity index (χ3n) is 2.78. The fourth-order valence-electron chi connectivity index (χ4n) is 1.88. The Balaban J connectivity index is 2.34. The van der Waals surface area contributed by atoms with Crippen molar-refractivity contribution in [2.45, 2.75) is 32.5 Å². The Kier molecular flexibility index (Phi) is 5.93. The van der Waals surface area contributed by atoms with E-state index in [0.717, 1.165) is 16.6 Å². The minimum Gasteiger partial charge on any atom is -0.538 e. The number of rotatable bonds is 7. The fourth-order valence-corrected chi connectivity index (χ4v) is 3.67. The molecule has 5 nitrogen and oxygen atoms in total. The molecular formula is C15H20BrNO4SSi. The summed E-state index contributed by atoms with van der Waals surface area (Å²) in [6, 6.07) is 3.72. The Bertz CT molecular complexity index is 664. The highest BCUT2D eigenvalue weighted by molar-refractivity contribution is 9.09. The molecule has 0 aliphatic heterocycles. The molecule has 23 heavy (non-hydrogen) atoms. The fraction of sp³-hybridized carbons (Fsp3) is 0.400. The topological polar surface area (TPSA) is 71.7 Å². The molecule has 0 bridgehead atoms. The van der Waals surface area contributed by atoms with Crippen molar-refractivity contribution in [3.63, 3.8) is 0 Å². The summed E-state index contributed by atoms with van der Waals surface area (Å²) in [5, 5.41) is 15.8. The van der Waals surface area contributed by atoms with Gasteiger partial charge in [-0.3, -0.25) is 10.1 Å². The van der Waals surface area contributed by atoms with Gasteiger partial charge in [0.25, 0.3) is 0 Å². The number of alkyl halides is 1. The molecule has 0 radical (unpaired) electrons. The van der Waals surface area contributed by atoms with Gasteiger partial charge in [0.05, 0.1) is 4.88 Å². The second kappa shape index (κ2) is 7.54. The molecule has 126 valence electrons. The zero-order valence-corrected chi connectivity index (χ0v) is 16.7. The van der Waals surface area contributed by atoms with E-state index in [1.807, 2.05) is 37.2 Å². The molecule has 0 aromatic carbocycles. The maximum Gasteiger partial charge on any atom is 0.245 e. The number of carbonyl (C=O) groups is 1. The normalized spacial score (nSPS) is 11.5. The molecule has 2 heterocycles. The summed E-state index contributed by atoms with van der Waals surface area (Å²) >= 11 is 4.74. The van der Waals surface area contributed by atoms with Gasteiger partial charge in [0.15, 0.2) is 5.76 Å². The van der Waals surface area contributed by atoms with Gasteiger partial charge < -0.3 is 13.9 Å². The van der Waals surface area contributed by atoms with Crippen molar-refractivity contribution in [3.8, 4) is 22.1 Å². The third kappa shape index (κ3) is 4.86. The van der Waals surface area contributed by atoms with Gasteiger partial charge in [0.1, 0.15) is 0 Å². The summed E-state index contributed by atoms with van der Waals surface area (Å²) in [5.41, 5.74) is 0. The van der Waals surface area contributed by atoms with Gasteiger partial charge in [-0.25, -0.2) is 0 Å². The van der Waals surface area contributed by atoms with Crippen LogP contribution in [0.3, 0.4) is 0 Å². The number of anilines is 1. The lowest BCUT2D eigenvalue weighted by Crippen LogP contribution is -2.29. The summed E-state index contributed by atoms with van der Waals surface area (Å²) < 4.78 is 11.6. The van der Waals surface area contributed by atoms with Crippen LogP contribution in [0, 0.1) is 0 Å². The molecule has 8 heteroatoms. The number of amides is 1. The van der Waals surface area contributed by atoms with Crippen molar-refractivity contribution in [2.75, 3.05) is 10.6 Å². The van der Waals surface area contributed by atoms with Crippen LogP contribution in [0.15, 0.2) is 21.9 Å². The van der Waals surface area contributed by atoms with Gasteiger partial charge in [-0.1, -0.05) is 22.0 Å². The van der Waals surface area contributed by atoms with Crippen LogP contribution >= 0.6 is 27.3 Å². The molecular weight excluding hydrogens is 398 g/mol. The lowest BCUT2D eigenvalue weighted by atomic mass is 10.3. The summed E-state index contributed by atoms with van der Waals surface area (Å²) in [5.74, 6) is 0.485. The predicted octanol–water partition coefficient (Wildman–Crippen LogP) is 5.04. The largest absolute Gasteiger partial charge is 0.538 e. The number of thiophene rings is 1. The van der Waals surface area contributed by atoms with Gasteiger partial charge in [-0.15, -0.1) is 11.3 Å². The lowest BCUT2D eigenvalue weighted by molar-refractivity contribution is -0.116. The van der Waals surface area contributed by atoms with Gasteiger partial charge in [-0.05, 0) is 37.5 Å². The van der Waals surface area contributed by atoms with E-state index in [4.69, 9.17) is 8.84 Å². The van der Waals surface area contributed by atoms with Gasteiger partial charge in [-0.2, -0.15) is 0 Å². The van der Waals surface area contributed by atoms with Crippen LogP contribution in [0.1, 0.15) is 12.8 Å². The van der Waals surface area contributed by atoms with E-state index in [2.05, 4.69) is 21.2 Å². The monoisotopic (exact) mass is 417 g/mol. The summed E-state index contributed by atoms with van der Waals surface area (Å²) in [6.45, 7) is 6.00. The standard InChI is InChI=1S/C15H20BrNO4SSi/c1-23(2,3)21-14-12(19)13(10-6-5-9-22-10)20-15(14)17-11(18)7-4-8-16/h5-6,9,19H,4,7-8H2,1-3H3,(H,17,18). The molecule has 0 atom stereocenters. The molecule has 2 rings (SSSR count). The van der Waals surface area contributed by atoms with Crippen molar-refractivity contribution in [1.82, 2.24) is 0 Å². The molecule has 0 unspecified atom stereocenters. The Hall–Kier alpha value is -1.25. The van der Waals surface area contributed by atoms with Gasteiger partial charge in [0, 0.05) is 11.8 Å². The van der Waals surface area contributed by atoms with Crippen molar-refractivity contribution in [3.05, 3.63) is 17.5 Å². The molecule has 0 saturated carbocycles. The van der Waals surface area contributed by atoms with Crippen LogP contribution in [-0.2, 0) is 4.79 Å². The van der Waals surface area contributed by atoms with E-state index < -0.39 is 8.32 Å².